The first-order chi connectivity index (χ1) is 13.2. The molecule has 0 radical (unpaired) electrons. The normalized spacial score (nSPS) is 18.4. The van der Waals surface area contributed by atoms with Crippen LogP contribution in [0.1, 0.15) is 29.9 Å². The smallest absolute Gasteiger partial charge is 0.240 e. The Hall–Kier alpha value is -2.80. The number of anilines is 1. The van der Waals surface area contributed by atoms with Crippen molar-refractivity contribution in [1.29, 1.82) is 0 Å². The monoisotopic (exact) mass is 379 g/mol. The van der Waals surface area contributed by atoms with Crippen molar-refractivity contribution in [3.8, 4) is 0 Å². The first-order valence-corrected chi connectivity index (χ1v) is 9.84. The van der Waals surface area contributed by atoms with E-state index in [-0.39, 0.29) is 17.2 Å². The van der Waals surface area contributed by atoms with E-state index in [1.165, 1.54) is 11.8 Å². The zero-order chi connectivity index (χ0) is 18.8. The summed E-state index contributed by atoms with van der Waals surface area (Å²) in [6.07, 6.45) is 0.863. The Morgan fingerprint density at radius 1 is 1.15 bits per heavy atom. The predicted molar refractivity (Wildman–Crippen MR) is 107 cm³/mol. The van der Waals surface area contributed by atoms with E-state index in [4.69, 9.17) is 0 Å². The molecule has 1 amide bonds. The van der Waals surface area contributed by atoms with Crippen LogP contribution < -0.4 is 10.7 Å². The van der Waals surface area contributed by atoms with Crippen LogP contribution in [0.25, 0.3) is 0 Å². The fourth-order valence-electron chi connectivity index (χ4n) is 3.23. The van der Waals surface area contributed by atoms with Crippen LogP contribution in [0.15, 0.2) is 59.8 Å². The van der Waals surface area contributed by atoms with Crippen LogP contribution >= 0.6 is 11.8 Å². The minimum atomic E-state index is -0.367. The van der Waals surface area contributed by atoms with Gasteiger partial charge in [0.25, 0.3) is 0 Å². The lowest BCUT2D eigenvalue weighted by atomic mass is 10.0. The summed E-state index contributed by atoms with van der Waals surface area (Å²) in [5.74, 6) is 0.725. The lowest BCUT2D eigenvalue weighted by molar-refractivity contribution is -0.116. The number of hydrogen-bond acceptors (Lipinski definition) is 5. The fraction of sp³-hybridized carbons (Fsp3) is 0.250. The summed E-state index contributed by atoms with van der Waals surface area (Å²) >= 11 is 1.44. The van der Waals surface area contributed by atoms with E-state index in [2.05, 4.69) is 27.9 Å². The van der Waals surface area contributed by atoms with Crippen molar-refractivity contribution in [2.24, 2.45) is 0 Å². The van der Waals surface area contributed by atoms with Crippen LogP contribution in [0.5, 0.6) is 0 Å². The second-order valence-electron chi connectivity index (χ2n) is 6.42. The molecular weight excluding hydrogens is 358 g/mol. The Morgan fingerprint density at radius 3 is 2.67 bits per heavy atom. The van der Waals surface area contributed by atoms with Crippen molar-refractivity contribution in [3.05, 3.63) is 71.5 Å². The third-order valence-electron chi connectivity index (χ3n) is 4.67. The first-order valence-electron chi connectivity index (χ1n) is 8.96. The summed E-state index contributed by atoms with van der Waals surface area (Å²) in [5, 5.41) is 11.8. The molecule has 0 saturated heterocycles. The molecule has 0 unspecified atom stereocenters. The largest absolute Gasteiger partial charge is 0.325 e. The Kier molecular flexibility index (Phi) is 4.85. The predicted octanol–water partition coefficient (Wildman–Crippen LogP) is 3.55. The number of aromatic nitrogens is 3. The van der Waals surface area contributed by atoms with Crippen molar-refractivity contribution in [1.82, 2.24) is 14.9 Å². The number of para-hydroxylation sites is 1. The molecule has 1 aromatic heterocycles. The van der Waals surface area contributed by atoms with Crippen LogP contribution in [0.4, 0.5) is 5.69 Å². The number of thioether (sulfide) groups is 1. The Balaban J connectivity index is 1.66. The molecule has 138 valence electrons. The Bertz CT molecular complexity index is 956. The molecule has 7 heteroatoms. The quantitative estimate of drug-likeness (QED) is 0.725. The van der Waals surface area contributed by atoms with E-state index in [1.807, 2.05) is 66.2 Å². The van der Waals surface area contributed by atoms with Crippen molar-refractivity contribution in [3.63, 3.8) is 0 Å². The second-order valence-corrected chi connectivity index (χ2v) is 7.53. The van der Waals surface area contributed by atoms with Gasteiger partial charge in [0, 0.05) is 5.69 Å². The van der Waals surface area contributed by atoms with Crippen LogP contribution in [0, 0.1) is 6.92 Å². The molecule has 0 aliphatic carbocycles. The fourth-order valence-corrected chi connectivity index (χ4v) is 4.35. The average Bonchev–Trinajstić information content (AvgIpc) is 3.08. The summed E-state index contributed by atoms with van der Waals surface area (Å²) in [6.45, 7) is 3.98. The lowest BCUT2D eigenvalue weighted by Crippen LogP contribution is -2.41. The van der Waals surface area contributed by atoms with Crippen molar-refractivity contribution in [2.45, 2.75) is 36.7 Å². The molecule has 3 aromatic rings. The van der Waals surface area contributed by atoms with Crippen LogP contribution in [0.3, 0.4) is 0 Å². The van der Waals surface area contributed by atoms with Gasteiger partial charge in [0.15, 0.2) is 0 Å². The number of nitrogens with zero attached hydrogens (tertiary/aromatic N) is 3. The molecule has 0 fully saturated rings. The SMILES string of the molecule is CCc1ccccc1NC(=O)[C@H]1Sc2nnc(C)n2N[C@@H]1c1ccccc1. The van der Waals surface area contributed by atoms with Gasteiger partial charge in [-0.3, -0.25) is 4.79 Å². The van der Waals surface area contributed by atoms with Crippen molar-refractivity contribution in [2.75, 3.05) is 10.7 Å². The van der Waals surface area contributed by atoms with E-state index in [0.29, 0.717) is 5.16 Å². The highest BCUT2D eigenvalue weighted by Gasteiger charge is 2.37. The number of carbonyl (C=O) groups excluding carboxylic acids is 1. The standard InChI is InChI=1S/C20H21N5OS/c1-3-14-9-7-8-12-16(14)21-19(26)18-17(15-10-5-4-6-11-15)24-25-13(2)22-23-20(25)27-18/h4-12,17-18,24H,3H2,1-2H3,(H,21,26)/t17-,18+/m1/s1. The highest BCUT2D eigenvalue weighted by molar-refractivity contribution is 8.00. The van der Waals surface area contributed by atoms with Gasteiger partial charge in [0.2, 0.25) is 11.1 Å². The summed E-state index contributed by atoms with van der Waals surface area (Å²) in [7, 11) is 0. The van der Waals surface area contributed by atoms with E-state index < -0.39 is 0 Å². The molecule has 4 rings (SSSR count). The topological polar surface area (TPSA) is 71.8 Å². The molecule has 2 atom stereocenters. The molecule has 0 spiro atoms. The summed E-state index contributed by atoms with van der Waals surface area (Å²) in [4.78, 5) is 13.2. The number of benzene rings is 2. The third kappa shape index (κ3) is 3.42. The van der Waals surface area contributed by atoms with Gasteiger partial charge in [-0.1, -0.05) is 67.2 Å². The molecule has 2 N–H and O–H groups in total. The van der Waals surface area contributed by atoms with E-state index >= 15 is 0 Å². The van der Waals surface area contributed by atoms with Gasteiger partial charge < -0.3 is 10.7 Å². The lowest BCUT2D eigenvalue weighted by Gasteiger charge is -2.32. The number of carbonyl (C=O) groups is 1. The summed E-state index contributed by atoms with van der Waals surface area (Å²) < 4.78 is 1.85. The number of rotatable bonds is 4. The molecular formula is C20H21N5OS. The first kappa shape index (κ1) is 17.6. The summed E-state index contributed by atoms with van der Waals surface area (Å²) in [6, 6.07) is 17.7. The highest BCUT2D eigenvalue weighted by atomic mass is 32.2. The van der Waals surface area contributed by atoms with Crippen molar-refractivity contribution < 1.29 is 4.79 Å². The molecule has 2 heterocycles. The molecule has 27 heavy (non-hydrogen) atoms. The van der Waals surface area contributed by atoms with Gasteiger partial charge in [-0.2, -0.15) is 0 Å². The Morgan fingerprint density at radius 2 is 1.89 bits per heavy atom. The van der Waals surface area contributed by atoms with Gasteiger partial charge in [-0.05, 0) is 30.5 Å². The van der Waals surface area contributed by atoms with Gasteiger partial charge in [-0.15, -0.1) is 10.2 Å². The van der Waals surface area contributed by atoms with Crippen LogP contribution in [-0.4, -0.2) is 26.0 Å². The Labute approximate surface area is 162 Å². The maximum atomic E-state index is 13.2. The number of amides is 1. The second kappa shape index (κ2) is 7.44. The molecule has 2 aromatic carbocycles. The minimum Gasteiger partial charge on any atom is -0.325 e. The molecule has 0 bridgehead atoms. The van der Waals surface area contributed by atoms with E-state index in [9.17, 15) is 4.79 Å². The third-order valence-corrected chi connectivity index (χ3v) is 5.89. The van der Waals surface area contributed by atoms with Gasteiger partial charge in [0.1, 0.15) is 11.1 Å². The number of fused-ring (bicyclic) bond motifs is 1. The number of nitrogens with one attached hydrogen (secondary N) is 2. The maximum Gasteiger partial charge on any atom is 0.240 e. The van der Waals surface area contributed by atoms with Crippen LogP contribution in [-0.2, 0) is 11.2 Å². The molecule has 0 saturated carbocycles. The number of aryl methyl sites for hydroxylation is 2. The van der Waals surface area contributed by atoms with Gasteiger partial charge >= 0.3 is 0 Å². The van der Waals surface area contributed by atoms with Gasteiger partial charge in [-0.25, -0.2) is 4.68 Å². The molecule has 1 aliphatic rings. The maximum absolute atomic E-state index is 13.2. The molecule has 6 nitrogen and oxygen atoms in total. The minimum absolute atomic E-state index is 0.0471. The van der Waals surface area contributed by atoms with Crippen molar-refractivity contribution >= 4 is 23.4 Å². The molecule has 1 aliphatic heterocycles. The number of hydrogen-bond donors (Lipinski definition) is 2. The van der Waals surface area contributed by atoms with Gasteiger partial charge in [0.05, 0.1) is 6.04 Å². The highest BCUT2D eigenvalue weighted by Crippen LogP contribution is 2.37. The average molecular weight is 379 g/mol. The van der Waals surface area contributed by atoms with E-state index in [0.717, 1.165) is 29.1 Å². The van der Waals surface area contributed by atoms with E-state index in [1.54, 1.807) is 0 Å². The zero-order valence-corrected chi connectivity index (χ0v) is 16.0. The zero-order valence-electron chi connectivity index (χ0n) is 15.2. The van der Waals surface area contributed by atoms with Crippen LogP contribution in [0.2, 0.25) is 0 Å². The summed E-state index contributed by atoms with van der Waals surface area (Å²) in [5.41, 5.74) is 6.45.